The van der Waals surface area contributed by atoms with Crippen molar-refractivity contribution < 1.29 is 23.8 Å². The fourth-order valence-corrected chi connectivity index (χ4v) is 6.92. The van der Waals surface area contributed by atoms with Crippen molar-refractivity contribution in [1.82, 2.24) is 14.4 Å². The third-order valence-corrected chi connectivity index (χ3v) is 9.08. The number of hydrogen-bond acceptors (Lipinski definition) is 5. The molecule has 8 heteroatoms. The molecule has 2 aliphatic heterocycles. The Morgan fingerprint density at radius 2 is 1.83 bits per heavy atom. The zero-order valence-electron chi connectivity index (χ0n) is 24.1. The molecule has 220 valence electrons. The normalized spacial score (nSPS) is 22.1. The quantitative estimate of drug-likeness (QED) is 0.366. The van der Waals surface area contributed by atoms with Crippen LogP contribution >= 0.6 is 0 Å². The molecular weight excluding hydrogens is 521 g/mol. The van der Waals surface area contributed by atoms with Gasteiger partial charge in [-0.05, 0) is 60.7 Å². The Morgan fingerprint density at radius 3 is 2.61 bits per heavy atom. The summed E-state index contributed by atoms with van der Waals surface area (Å²) in [7, 11) is 0. The molecule has 1 N–H and O–H groups in total. The standard InChI is InChI=1S/C33H42FN3O4/c1-2-17-41-25-8-10-26-24(20-25)22-36(12-11-35-15-18-40-19-16-35)13-14-37-30-21-23(33(38)39)7-9-28(30)31(32(26)37)27-5-3-4-6-29(27)34/h7-10,20-21,27,29H,2-6,11-19,22H2,1H3,(H,38,39)/t27-,29-/m1/s1. The summed E-state index contributed by atoms with van der Waals surface area (Å²) in [6.07, 6.45) is 3.36. The van der Waals surface area contributed by atoms with Crippen LogP contribution in [-0.4, -0.2) is 84.2 Å². The zero-order chi connectivity index (χ0) is 28.3. The third-order valence-electron chi connectivity index (χ3n) is 9.08. The Labute approximate surface area is 241 Å². The fourth-order valence-electron chi connectivity index (χ4n) is 6.92. The Hall–Kier alpha value is -2.94. The molecule has 1 saturated heterocycles. The molecule has 1 aliphatic carbocycles. The highest BCUT2D eigenvalue weighted by Gasteiger charge is 2.34. The van der Waals surface area contributed by atoms with E-state index in [1.807, 2.05) is 12.1 Å². The number of hydrogen-bond donors (Lipinski definition) is 1. The highest BCUT2D eigenvalue weighted by molar-refractivity contribution is 5.98. The summed E-state index contributed by atoms with van der Waals surface area (Å²) in [6, 6.07) is 11.7. The zero-order valence-corrected chi connectivity index (χ0v) is 24.1. The molecule has 1 aromatic heterocycles. The van der Waals surface area contributed by atoms with Crippen molar-refractivity contribution >= 4 is 16.9 Å². The van der Waals surface area contributed by atoms with Crippen LogP contribution in [-0.2, 0) is 17.8 Å². The maximum Gasteiger partial charge on any atom is 0.335 e. The molecule has 0 radical (unpaired) electrons. The molecule has 3 aliphatic rings. The molecule has 2 aromatic carbocycles. The van der Waals surface area contributed by atoms with Gasteiger partial charge in [0.1, 0.15) is 11.9 Å². The lowest BCUT2D eigenvalue weighted by molar-refractivity contribution is 0.0327. The number of alkyl halides is 1. The number of aromatic carboxylic acids is 1. The number of rotatable bonds is 8. The van der Waals surface area contributed by atoms with Crippen LogP contribution in [0, 0.1) is 0 Å². The van der Waals surface area contributed by atoms with Gasteiger partial charge in [-0.3, -0.25) is 9.80 Å². The van der Waals surface area contributed by atoms with Gasteiger partial charge in [-0.25, -0.2) is 9.18 Å². The lowest BCUT2D eigenvalue weighted by atomic mass is 9.80. The second-order valence-electron chi connectivity index (χ2n) is 11.8. The number of carbonyl (C=O) groups is 1. The van der Waals surface area contributed by atoms with Crippen LogP contribution in [0.2, 0.25) is 0 Å². The SMILES string of the molecule is CCCOc1ccc2c(c1)CN(CCN1CCOCC1)CCn1c-2c([C@@H]2CCCC[C@H]2F)c2ccc(C(=O)O)cc21. The minimum Gasteiger partial charge on any atom is -0.494 e. The summed E-state index contributed by atoms with van der Waals surface area (Å²) in [5.74, 6) is -0.280. The molecular formula is C33H42FN3O4. The smallest absolute Gasteiger partial charge is 0.335 e. The van der Waals surface area contributed by atoms with Crippen molar-refractivity contribution in [3.05, 3.63) is 53.1 Å². The molecule has 0 spiro atoms. The van der Waals surface area contributed by atoms with Gasteiger partial charge in [0.05, 0.1) is 31.1 Å². The van der Waals surface area contributed by atoms with Gasteiger partial charge in [0.2, 0.25) is 0 Å². The first-order valence-electron chi connectivity index (χ1n) is 15.4. The predicted molar refractivity (Wildman–Crippen MR) is 159 cm³/mol. The Kier molecular flexibility index (Phi) is 8.60. The largest absolute Gasteiger partial charge is 0.494 e. The third kappa shape index (κ3) is 5.87. The van der Waals surface area contributed by atoms with E-state index in [-0.39, 0.29) is 11.5 Å². The number of ether oxygens (including phenoxy) is 2. The topological polar surface area (TPSA) is 67.2 Å². The van der Waals surface area contributed by atoms with Gasteiger partial charge in [-0.15, -0.1) is 0 Å². The number of aromatic nitrogens is 1. The van der Waals surface area contributed by atoms with Gasteiger partial charge in [-0.2, -0.15) is 0 Å². The van der Waals surface area contributed by atoms with E-state index in [2.05, 4.69) is 33.4 Å². The molecule has 2 atom stereocenters. The number of halogens is 1. The van der Waals surface area contributed by atoms with Gasteiger partial charge in [0.15, 0.2) is 0 Å². The van der Waals surface area contributed by atoms with Crippen molar-refractivity contribution in [3.8, 4) is 17.0 Å². The van der Waals surface area contributed by atoms with Gasteiger partial charge >= 0.3 is 5.97 Å². The maximum absolute atomic E-state index is 15.7. The minimum atomic E-state index is -0.943. The van der Waals surface area contributed by atoms with Crippen molar-refractivity contribution in [1.29, 1.82) is 0 Å². The molecule has 3 aromatic rings. The number of fused-ring (bicyclic) bond motifs is 5. The average Bonchev–Trinajstić information content (AvgIpc) is 3.29. The van der Waals surface area contributed by atoms with Crippen LogP contribution in [0.25, 0.3) is 22.2 Å². The number of nitrogens with zero attached hydrogens (tertiary/aromatic N) is 3. The van der Waals surface area contributed by atoms with E-state index in [0.29, 0.717) is 13.0 Å². The molecule has 41 heavy (non-hydrogen) atoms. The van der Waals surface area contributed by atoms with E-state index >= 15 is 4.39 Å². The van der Waals surface area contributed by atoms with E-state index in [1.54, 1.807) is 12.1 Å². The second-order valence-corrected chi connectivity index (χ2v) is 11.8. The molecule has 0 amide bonds. The number of carboxylic acids is 1. The minimum absolute atomic E-state index is 0.195. The first-order valence-corrected chi connectivity index (χ1v) is 15.4. The van der Waals surface area contributed by atoms with E-state index in [9.17, 15) is 9.90 Å². The van der Waals surface area contributed by atoms with Crippen molar-refractivity contribution in [3.63, 3.8) is 0 Å². The lowest BCUT2D eigenvalue weighted by Crippen LogP contribution is -2.42. The summed E-state index contributed by atoms with van der Waals surface area (Å²) >= 11 is 0. The van der Waals surface area contributed by atoms with Gasteiger partial charge < -0.3 is 19.1 Å². The summed E-state index contributed by atoms with van der Waals surface area (Å²) in [5, 5.41) is 10.8. The van der Waals surface area contributed by atoms with Crippen molar-refractivity contribution in [2.75, 3.05) is 52.5 Å². The summed E-state index contributed by atoms with van der Waals surface area (Å²) < 4.78 is 29.6. The van der Waals surface area contributed by atoms with E-state index in [4.69, 9.17) is 9.47 Å². The second kappa shape index (κ2) is 12.5. The summed E-state index contributed by atoms with van der Waals surface area (Å²) in [5.41, 5.74) is 5.54. The molecule has 7 nitrogen and oxygen atoms in total. The maximum atomic E-state index is 15.7. The average molecular weight is 564 g/mol. The van der Waals surface area contributed by atoms with Crippen LogP contribution < -0.4 is 4.74 Å². The molecule has 0 bridgehead atoms. The van der Waals surface area contributed by atoms with E-state index in [0.717, 1.165) is 118 Å². The number of morpholine rings is 1. The van der Waals surface area contributed by atoms with Gasteiger partial charge in [0, 0.05) is 68.2 Å². The fraction of sp³-hybridized carbons (Fsp3) is 0.545. The number of benzene rings is 2. The molecule has 3 heterocycles. The molecule has 2 fully saturated rings. The van der Waals surface area contributed by atoms with Crippen LogP contribution in [0.3, 0.4) is 0 Å². The predicted octanol–water partition coefficient (Wildman–Crippen LogP) is 5.94. The van der Waals surface area contributed by atoms with Gasteiger partial charge in [0.25, 0.3) is 0 Å². The lowest BCUT2D eigenvalue weighted by Gasteiger charge is -2.33. The molecule has 1 saturated carbocycles. The van der Waals surface area contributed by atoms with Crippen LogP contribution in [0.15, 0.2) is 36.4 Å². The van der Waals surface area contributed by atoms with Crippen LogP contribution in [0.1, 0.15) is 66.4 Å². The number of carboxylic acid groups (broad SMARTS) is 1. The Bertz CT molecular complexity index is 1380. The van der Waals surface area contributed by atoms with Gasteiger partial charge in [-0.1, -0.05) is 25.8 Å². The first kappa shape index (κ1) is 28.2. The Morgan fingerprint density at radius 1 is 1.02 bits per heavy atom. The summed E-state index contributed by atoms with van der Waals surface area (Å²) in [6.45, 7) is 10.5. The Balaban J connectivity index is 1.48. The van der Waals surface area contributed by atoms with Crippen LogP contribution in [0.4, 0.5) is 4.39 Å². The van der Waals surface area contributed by atoms with E-state index < -0.39 is 12.1 Å². The molecule has 0 unspecified atom stereocenters. The van der Waals surface area contributed by atoms with Crippen molar-refractivity contribution in [2.45, 2.75) is 64.2 Å². The highest BCUT2D eigenvalue weighted by atomic mass is 19.1. The highest BCUT2D eigenvalue weighted by Crippen LogP contribution is 2.47. The summed E-state index contributed by atoms with van der Waals surface area (Å²) in [4.78, 5) is 17.0. The van der Waals surface area contributed by atoms with E-state index in [1.165, 1.54) is 5.56 Å². The van der Waals surface area contributed by atoms with Crippen molar-refractivity contribution in [2.24, 2.45) is 0 Å². The first-order chi connectivity index (χ1) is 20.0. The monoisotopic (exact) mass is 563 g/mol. The molecule has 6 rings (SSSR count). The van der Waals surface area contributed by atoms with Crippen LogP contribution in [0.5, 0.6) is 5.75 Å².